The van der Waals surface area contributed by atoms with E-state index in [1.807, 2.05) is 12.1 Å². The number of methoxy groups -OCH3 is 1. The third kappa shape index (κ3) is 3.00. The molecular weight excluding hydrogens is 280 g/mol. The maximum absolute atomic E-state index is 5.41. The summed E-state index contributed by atoms with van der Waals surface area (Å²) in [6, 6.07) is 6.85. The molecule has 1 aliphatic rings. The van der Waals surface area contributed by atoms with Crippen molar-refractivity contribution in [2.24, 2.45) is 0 Å². The zero-order chi connectivity index (χ0) is 12.3. The molecule has 1 N–H and O–H groups in total. The summed E-state index contributed by atoms with van der Waals surface area (Å²) in [5, 5.41) is 3.32. The minimum atomic E-state index is 0.670. The molecule has 1 heterocycles. The van der Waals surface area contributed by atoms with E-state index >= 15 is 0 Å². The summed E-state index contributed by atoms with van der Waals surface area (Å²) < 4.78 is 6.52. The highest BCUT2D eigenvalue weighted by Gasteiger charge is 2.23. The summed E-state index contributed by atoms with van der Waals surface area (Å²) in [5.41, 5.74) is 1.25. The van der Waals surface area contributed by atoms with Crippen LogP contribution in [0, 0.1) is 0 Å². The van der Waals surface area contributed by atoms with E-state index in [9.17, 15) is 0 Å². The van der Waals surface area contributed by atoms with Crippen molar-refractivity contribution in [2.75, 3.05) is 26.7 Å². The number of hydrogen-bond donors (Lipinski definition) is 1. The van der Waals surface area contributed by atoms with Gasteiger partial charge in [-0.05, 0) is 24.7 Å². The maximum Gasteiger partial charge on any atom is 0.123 e. The normalized spacial score (nSPS) is 16.0. The first-order valence-electron chi connectivity index (χ1n) is 6.01. The van der Waals surface area contributed by atoms with Gasteiger partial charge in [-0.3, -0.25) is 4.90 Å². The molecule has 4 heteroatoms. The van der Waals surface area contributed by atoms with Gasteiger partial charge in [-0.2, -0.15) is 0 Å². The number of rotatable bonds is 5. The fourth-order valence-electron chi connectivity index (χ4n) is 2.12. The Hall–Kier alpha value is -0.580. The lowest BCUT2D eigenvalue weighted by molar-refractivity contribution is 0.144. The Balaban J connectivity index is 2.12. The fraction of sp³-hybridized carbons (Fsp3) is 0.538. The number of nitrogens with zero attached hydrogens (tertiary/aromatic N) is 1. The molecule has 1 aliphatic heterocycles. The van der Waals surface area contributed by atoms with Crippen LogP contribution in [-0.4, -0.2) is 37.7 Å². The summed E-state index contributed by atoms with van der Waals surface area (Å²) in [6.45, 7) is 6.44. The lowest BCUT2D eigenvalue weighted by atomic mass is 10.1. The topological polar surface area (TPSA) is 24.5 Å². The Bertz CT molecular complexity index is 380. The van der Waals surface area contributed by atoms with Crippen LogP contribution < -0.4 is 10.1 Å². The second-order valence-corrected chi connectivity index (χ2v) is 5.25. The zero-order valence-corrected chi connectivity index (χ0v) is 12.0. The molecule has 0 saturated carbocycles. The Morgan fingerprint density at radius 2 is 2.24 bits per heavy atom. The average Bonchev–Trinajstić information content (AvgIpc) is 2.26. The van der Waals surface area contributed by atoms with E-state index in [0.717, 1.165) is 36.4 Å². The van der Waals surface area contributed by atoms with Crippen LogP contribution in [0.4, 0.5) is 0 Å². The van der Waals surface area contributed by atoms with Gasteiger partial charge in [0.25, 0.3) is 0 Å². The van der Waals surface area contributed by atoms with E-state index < -0.39 is 0 Å². The number of benzene rings is 1. The van der Waals surface area contributed by atoms with Crippen molar-refractivity contribution in [2.45, 2.75) is 19.5 Å². The second-order valence-electron chi connectivity index (χ2n) is 4.33. The molecule has 0 amide bonds. The standard InChI is InChI=1S/C13H19BrN2O/c1-3-16(12-7-15-8-12)9-10-6-11(14)4-5-13(10)17-2/h4-6,12,15H,3,7-9H2,1-2H3. The Labute approximate surface area is 111 Å². The summed E-state index contributed by atoms with van der Waals surface area (Å²) in [6.07, 6.45) is 0. The van der Waals surface area contributed by atoms with Gasteiger partial charge in [0.05, 0.1) is 7.11 Å². The van der Waals surface area contributed by atoms with Gasteiger partial charge in [-0.15, -0.1) is 0 Å². The number of ether oxygens (including phenoxy) is 1. The third-order valence-electron chi connectivity index (χ3n) is 3.30. The van der Waals surface area contributed by atoms with E-state index in [4.69, 9.17) is 4.74 Å². The lowest BCUT2D eigenvalue weighted by Gasteiger charge is -2.37. The Kier molecular flexibility index (Phi) is 4.42. The van der Waals surface area contributed by atoms with Gasteiger partial charge in [0.2, 0.25) is 0 Å². The number of nitrogens with one attached hydrogen (secondary N) is 1. The van der Waals surface area contributed by atoms with E-state index in [1.54, 1.807) is 7.11 Å². The first-order valence-corrected chi connectivity index (χ1v) is 6.81. The molecule has 0 spiro atoms. The number of hydrogen-bond acceptors (Lipinski definition) is 3. The second kappa shape index (κ2) is 5.85. The molecule has 17 heavy (non-hydrogen) atoms. The molecule has 1 aromatic rings. The summed E-state index contributed by atoms with van der Waals surface area (Å²) >= 11 is 3.52. The van der Waals surface area contributed by atoms with E-state index in [2.05, 4.69) is 39.1 Å². The van der Waals surface area contributed by atoms with Crippen molar-refractivity contribution >= 4 is 15.9 Å². The van der Waals surface area contributed by atoms with Gasteiger partial charge in [0.15, 0.2) is 0 Å². The molecule has 1 aromatic carbocycles. The molecule has 2 rings (SSSR count). The fourth-order valence-corrected chi connectivity index (χ4v) is 2.53. The van der Waals surface area contributed by atoms with Crippen molar-refractivity contribution < 1.29 is 4.74 Å². The molecule has 0 unspecified atom stereocenters. The van der Waals surface area contributed by atoms with Crippen molar-refractivity contribution in [3.8, 4) is 5.75 Å². The molecule has 94 valence electrons. The first kappa shape index (κ1) is 12.9. The van der Waals surface area contributed by atoms with Crippen LogP contribution in [0.3, 0.4) is 0 Å². The minimum absolute atomic E-state index is 0.670. The van der Waals surface area contributed by atoms with Gasteiger partial charge in [-0.1, -0.05) is 22.9 Å². The predicted octanol–water partition coefficient (Wildman–Crippen LogP) is 2.25. The molecule has 0 bridgehead atoms. The quantitative estimate of drug-likeness (QED) is 0.902. The summed E-state index contributed by atoms with van der Waals surface area (Å²) in [7, 11) is 1.73. The predicted molar refractivity (Wildman–Crippen MR) is 73.4 cm³/mol. The molecular formula is C13H19BrN2O. The van der Waals surface area contributed by atoms with Gasteiger partial charge in [-0.25, -0.2) is 0 Å². The lowest BCUT2D eigenvalue weighted by Crippen LogP contribution is -2.56. The van der Waals surface area contributed by atoms with Crippen LogP contribution in [0.15, 0.2) is 22.7 Å². The van der Waals surface area contributed by atoms with Crippen LogP contribution in [0.5, 0.6) is 5.75 Å². The smallest absolute Gasteiger partial charge is 0.123 e. The molecule has 0 radical (unpaired) electrons. The van der Waals surface area contributed by atoms with E-state index in [-0.39, 0.29) is 0 Å². The van der Waals surface area contributed by atoms with Gasteiger partial charge in [0, 0.05) is 35.7 Å². The van der Waals surface area contributed by atoms with Gasteiger partial charge in [0.1, 0.15) is 5.75 Å². The highest BCUT2D eigenvalue weighted by atomic mass is 79.9. The molecule has 1 fully saturated rings. The van der Waals surface area contributed by atoms with Gasteiger partial charge < -0.3 is 10.1 Å². The molecule has 3 nitrogen and oxygen atoms in total. The van der Waals surface area contributed by atoms with E-state index in [0.29, 0.717) is 6.04 Å². The van der Waals surface area contributed by atoms with Crippen molar-refractivity contribution in [1.82, 2.24) is 10.2 Å². The Morgan fingerprint density at radius 3 is 2.76 bits per heavy atom. The Morgan fingerprint density at radius 1 is 1.47 bits per heavy atom. The monoisotopic (exact) mass is 298 g/mol. The highest BCUT2D eigenvalue weighted by molar-refractivity contribution is 9.10. The molecule has 1 saturated heterocycles. The van der Waals surface area contributed by atoms with Gasteiger partial charge >= 0.3 is 0 Å². The largest absolute Gasteiger partial charge is 0.496 e. The first-order chi connectivity index (χ1) is 8.24. The van der Waals surface area contributed by atoms with Crippen molar-refractivity contribution in [3.63, 3.8) is 0 Å². The molecule has 0 aromatic heterocycles. The van der Waals surface area contributed by atoms with Crippen LogP contribution in [0.1, 0.15) is 12.5 Å². The molecule has 0 aliphatic carbocycles. The zero-order valence-electron chi connectivity index (χ0n) is 10.4. The van der Waals surface area contributed by atoms with Crippen LogP contribution in [0.25, 0.3) is 0 Å². The maximum atomic E-state index is 5.41. The SMILES string of the molecule is CCN(Cc1cc(Br)ccc1OC)C1CNC1. The van der Waals surface area contributed by atoms with E-state index in [1.165, 1.54) is 5.56 Å². The van der Waals surface area contributed by atoms with Crippen LogP contribution >= 0.6 is 15.9 Å². The highest BCUT2D eigenvalue weighted by Crippen LogP contribution is 2.25. The molecule has 0 atom stereocenters. The summed E-state index contributed by atoms with van der Waals surface area (Å²) in [4.78, 5) is 2.49. The number of likely N-dealkylation sites (N-methyl/N-ethyl adjacent to an activating group) is 1. The van der Waals surface area contributed by atoms with Crippen molar-refractivity contribution in [3.05, 3.63) is 28.2 Å². The van der Waals surface area contributed by atoms with Crippen LogP contribution in [0.2, 0.25) is 0 Å². The average molecular weight is 299 g/mol. The van der Waals surface area contributed by atoms with Crippen LogP contribution in [-0.2, 0) is 6.54 Å². The third-order valence-corrected chi connectivity index (χ3v) is 3.79. The van der Waals surface area contributed by atoms with Crippen molar-refractivity contribution in [1.29, 1.82) is 0 Å². The summed E-state index contributed by atoms with van der Waals surface area (Å²) in [5.74, 6) is 0.971. The minimum Gasteiger partial charge on any atom is -0.496 e. The number of halogens is 1.